The second-order valence-corrected chi connectivity index (χ2v) is 6.06. The highest BCUT2D eigenvalue weighted by Gasteiger charge is 2.14. The molecule has 1 aromatic carbocycles. The molecule has 1 amide bonds. The van der Waals surface area contributed by atoms with Crippen molar-refractivity contribution >= 4 is 5.91 Å². The minimum Gasteiger partial charge on any atom is -0.441 e. The fourth-order valence-corrected chi connectivity index (χ4v) is 2.43. The predicted octanol–water partition coefficient (Wildman–Crippen LogP) is 2.80. The van der Waals surface area contributed by atoms with Gasteiger partial charge in [0, 0.05) is 18.4 Å². The summed E-state index contributed by atoms with van der Waals surface area (Å²) in [6, 6.07) is 9.54. The molecular formula is C18H24N2O3. The van der Waals surface area contributed by atoms with Crippen molar-refractivity contribution in [3.63, 3.8) is 0 Å². The molecule has 1 aromatic heterocycles. The summed E-state index contributed by atoms with van der Waals surface area (Å²) in [5.74, 6) is 1.58. The third kappa shape index (κ3) is 5.53. The standard InChI is InChI=1S/C18H24N2O3/c1-13(2)10-15(12-21)20-17(22)8-9-18-19-11-16(23-18)14-6-4-3-5-7-14/h3-7,11,13,15,21H,8-10,12H2,1-2H3,(H,20,22). The molecule has 5 heteroatoms. The van der Waals surface area contributed by atoms with E-state index >= 15 is 0 Å². The Kier molecular flexibility index (Phi) is 6.35. The van der Waals surface area contributed by atoms with E-state index in [-0.39, 0.29) is 18.6 Å². The number of aliphatic hydroxyl groups excluding tert-OH is 1. The molecule has 1 unspecified atom stereocenters. The van der Waals surface area contributed by atoms with Crippen molar-refractivity contribution in [3.05, 3.63) is 42.4 Å². The number of nitrogens with one attached hydrogen (secondary N) is 1. The lowest BCUT2D eigenvalue weighted by molar-refractivity contribution is -0.122. The zero-order chi connectivity index (χ0) is 16.7. The highest BCUT2D eigenvalue weighted by atomic mass is 16.4. The molecule has 2 N–H and O–H groups in total. The smallest absolute Gasteiger partial charge is 0.220 e. The number of nitrogens with zero attached hydrogens (tertiary/aromatic N) is 1. The van der Waals surface area contributed by atoms with Gasteiger partial charge in [-0.2, -0.15) is 0 Å². The van der Waals surface area contributed by atoms with Crippen LogP contribution in [0.5, 0.6) is 0 Å². The minimum absolute atomic E-state index is 0.0406. The lowest BCUT2D eigenvalue weighted by Crippen LogP contribution is -2.38. The number of aromatic nitrogens is 1. The van der Waals surface area contributed by atoms with Crippen LogP contribution in [0.1, 0.15) is 32.6 Å². The second kappa shape index (κ2) is 8.48. The van der Waals surface area contributed by atoms with Crippen LogP contribution in [0.15, 0.2) is 40.9 Å². The zero-order valence-electron chi connectivity index (χ0n) is 13.7. The van der Waals surface area contributed by atoms with E-state index in [1.165, 1.54) is 0 Å². The average molecular weight is 316 g/mol. The number of rotatable bonds is 8. The Bertz CT molecular complexity index is 608. The molecule has 0 bridgehead atoms. The minimum atomic E-state index is -0.188. The number of oxazole rings is 1. The predicted molar refractivity (Wildman–Crippen MR) is 88.7 cm³/mol. The van der Waals surface area contributed by atoms with E-state index in [0.717, 1.165) is 12.0 Å². The van der Waals surface area contributed by atoms with Crippen molar-refractivity contribution in [2.45, 2.75) is 39.2 Å². The van der Waals surface area contributed by atoms with Crippen LogP contribution in [0.25, 0.3) is 11.3 Å². The molecule has 0 fully saturated rings. The largest absolute Gasteiger partial charge is 0.441 e. The third-order valence-electron chi connectivity index (χ3n) is 3.52. The van der Waals surface area contributed by atoms with Crippen molar-refractivity contribution in [1.82, 2.24) is 10.3 Å². The van der Waals surface area contributed by atoms with Gasteiger partial charge in [0.1, 0.15) is 0 Å². The normalized spacial score (nSPS) is 12.3. The molecule has 5 nitrogen and oxygen atoms in total. The number of benzene rings is 1. The summed E-state index contributed by atoms with van der Waals surface area (Å²) in [6.45, 7) is 4.08. The van der Waals surface area contributed by atoms with Gasteiger partial charge in [0.15, 0.2) is 11.7 Å². The van der Waals surface area contributed by atoms with Gasteiger partial charge in [-0.25, -0.2) is 4.98 Å². The van der Waals surface area contributed by atoms with E-state index in [1.807, 2.05) is 30.3 Å². The summed E-state index contributed by atoms with van der Waals surface area (Å²) in [5, 5.41) is 12.1. The maximum Gasteiger partial charge on any atom is 0.220 e. The number of aryl methyl sites for hydroxylation is 1. The SMILES string of the molecule is CC(C)CC(CO)NC(=O)CCc1ncc(-c2ccccc2)o1. The van der Waals surface area contributed by atoms with Gasteiger partial charge in [-0.1, -0.05) is 44.2 Å². The van der Waals surface area contributed by atoms with Gasteiger partial charge in [-0.05, 0) is 12.3 Å². The Morgan fingerprint density at radius 2 is 2.04 bits per heavy atom. The first-order chi connectivity index (χ1) is 11.1. The van der Waals surface area contributed by atoms with Gasteiger partial charge in [-0.15, -0.1) is 0 Å². The second-order valence-electron chi connectivity index (χ2n) is 6.06. The highest BCUT2D eigenvalue weighted by molar-refractivity contribution is 5.76. The van der Waals surface area contributed by atoms with E-state index in [2.05, 4.69) is 24.1 Å². The molecule has 0 aliphatic carbocycles. The van der Waals surface area contributed by atoms with Crippen LogP contribution in [-0.2, 0) is 11.2 Å². The summed E-state index contributed by atoms with van der Waals surface area (Å²) in [7, 11) is 0. The molecule has 2 aromatic rings. The molecule has 1 heterocycles. The number of carbonyl (C=O) groups excluding carboxylic acids is 1. The third-order valence-corrected chi connectivity index (χ3v) is 3.52. The molecule has 2 rings (SSSR count). The van der Waals surface area contributed by atoms with Gasteiger partial charge in [0.05, 0.1) is 18.8 Å². The highest BCUT2D eigenvalue weighted by Crippen LogP contribution is 2.20. The summed E-state index contributed by atoms with van der Waals surface area (Å²) < 4.78 is 5.68. The Morgan fingerprint density at radius 1 is 1.30 bits per heavy atom. The Labute approximate surface area is 136 Å². The molecule has 0 saturated heterocycles. The first-order valence-electron chi connectivity index (χ1n) is 7.98. The molecule has 0 spiro atoms. The van der Waals surface area contributed by atoms with Crippen LogP contribution < -0.4 is 5.32 Å². The lowest BCUT2D eigenvalue weighted by Gasteiger charge is -2.17. The summed E-state index contributed by atoms with van der Waals surface area (Å²) in [4.78, 5) is 16.2. The maximum absolute atomic E-state index is 12.0. The van der Waals surface area contributed by atoms with E-state index in [1.54, 1.807) is 6.20 Å². The maximum atomic E-state index is 12.0. The number of hydrogen-bond donors (Lipinski definition) is 2. The van der Waals surface area contributed by atoms with Gasteiger partial charge in [0.25, 0.3) is 0 Å². The number of hydrogen-bond acceptors (Lipinski definition) is 4. The topological polar surface area (TPSA) is 75.4 Å². The summed E-state index contributed by atoms with van der Waals surface area (Å²) in [5.41, 5.74) is 0.966. The van der Waals surface area contributed by atoms with Crippen LogP contribution in [0.2, 0.25) is 0 Å². The molecule has 0 aliphatic rings. The van der Waals surface area contributed by atoms with Crippen LogP contribution in [0, 0.1) is 5.92 Å². The van der Waals surface area contributed by atoms with Crippen LogP contribution >= 0.6 is 0 Å². The van der Waals surface area contributed by atoms with Crippen molar-refractivity contribution in [1.29, 1.82) is 0 Å². The molecular weight excluding hydrogens is 292 g/mol. The Balaban J connectivity index is 1.84. The molecule has 0 radical (unpaired) electrons. The van der Waals surface area contributed by atoms with Crippen molar-refractivity contribution in [2.75, 3.05) is 6.61 Å². The van der Waals surface area contributed by atoms with E-state index in [9.17, 15) is 9.90 Å². The molecule has 1 atom stereocenters. The number of amides is 1. The zero-order valence-corrected chi connectivity index (χ0v) is 13.7. The Morgan fingerprint density at radius 3 is 2.70 bits per heavy atom. The fraction of sp³-hybridized carbons (Fsp3) is 0.444. The lowest BCUT2D eigenvalue weighted by atomic mass is 10.0. The average Bonchev–Trinajstić information content (AvgIpc) is 3.01. The quantitative estimate of drug-likeness (QED) is 0.785. The van der Waals surface area contributed by atoms with Crippen LogP contribution in [-0.4, -0.2) is 28.6 Å². The van der Waals surface area contributed by atoms with E-state index in [0.29, 0.717) is 30.4 Å². The first kappa shape index (κ1) is 17.2. The monoisotopic (exact) mass is 316 g/mol. The molecule has 124 valence electrons. The first-order valence-corrected chi connectivity index (χ1v) is 7.98. The molecule has 0 aliphatic heterocycles. The van der Waals surface area contributed by atoms with Gasteiger partial charge in [-0.3, -0.25) is 4.79 Å². The molecule has 0 saturated carbocycles. The number of aliphatic hydroxyl groups is 1. The van der Waals surface area contributed by atoms with Crippen molar-refractivity contribution in [3.8, 4) is 11.3 Å². The van der Waals surface area contributed by atoms with Crippen LogP contribution in [0.3, 0.4) is 0 Å². The summed E-state index contributed by atoms with van der Waals surface area (Å²) >= 11 is 0. The van der Waals surface area contributed by atoms with E-state index in [4.69, 9.17) is 4.42 Å². The van der Waals surface area contributed by atoms with E-state index < -0.39 is 0 Å². The van der Waals surface area contributed by atoms with Gasteiger partial charge < -0.3 is 14.8 Å². The van der Waals surface area contributed by atoms with Crippen molar-refractivity contribution < 1.29 is 14.3 Å². The van der Waals surface area contributed by atoms with Crippen LogP contribution in [0.4, 0.5) is 0 Å². The Hall–Kier alpha value is -2.14. The van der Waals surface area contributed by atoms with Gasteiger partial charge in [0.2, 0.25) is 5.91 Å². The molecule has 23 heavy (non-hydrogen) atoms. The van der Waals surface area contributed by atoms with Gasteiger partial charge >= 0.3 is 0 Å². The fourth-order valence-electron chi connectivity index (χ4n) is 2.43. The van der Waals surface area contributed by atoms with Crippen molar-refractivity contribution in [2.24, 2.45) is 5.92 Å². The summed E-state index contributed by atoms with van der Waals surface area (Å²) in [6.07, 6.45) is 3.18. The number of carbonyl (C=O) groups is 1.